The summed E-state index contributed by atoms with van der Waals surface area (Å²) in [5, 5.41) is 8.67. The molecule has 0 radical (unpaired) electrons. The fraction of sp³-hybridized carbons (Fsp3) is 0.500. The van der Waals surface area contributed by atoms with E-state index in [1.165, 1.54) is 0 Å². The molecule has 1 aliphatic heterocycles. The van der Waals surface area contributed by atoms with Crippen molar-refractivity contribution < 1.29 is 9.90 Å². The maximum absolute atomic E-state index is 12.5. The zero-order chi connectivity index (χ0) is 15.5. The standard InChI is InChI=1S/C18H23NO2/c1-18(2,3)16-10-11-19(13-16)17(21)15-8-6-14(7-9-15)5-4-12-20/h6-9,16,20H,10-13H2,1-3H3. The lowest BCUT2D eigenvalue weighted by atomic mass is 9.80. The van der Waals surface area contributed by atoms with E-state index in [-0.39, 0.29) is 17.9 Å². The summed E-state index contributed by atoms with van der Waals surface area (Å²) in [4.78, 5) is 14.4. The van der Waals surface area contributed by atoms with E-state index in [1.54, 1.807) is 0 Å². The highest BCUT2D eigenvalue weighted by Gasteiger charge is 2.33. The van der Waals surface area contributed by atoms with Crippen LogP contribution in [0.1, 0.15) is 43.1 Å². The second-order valence-electron chi connectivity index (χ2n) is 6.64. The Labute approximate surface area is 127 Å². The first kappa shape index (κ1) is 15.6. The molecule has 0 aromatic heterocycles. The van der Waals surface area contributed by atoms with Crippen molar-refractivity contribution in [1.82, 2.24) is 4.90 Å². The Morgan fingerprint density at radius 2 is 2.00 bits per heavy atom. The summed E-state index contributed by atoms with van der Waals surface area (Å²) in [5.41, 5.74) is 1.77. The summed E-state index contributed by atoms with van der Waals surface area (Å²) in [5.74, 6) is 6.10. The van der Waals surface area contributed by atoms with E-state index in [9.17, 15) is 4.79 Å². The molecule has 21 heavy (non-hydrogen) atoms. The average molecular weight is 285 g/mol. The van der Waals surface area contributed by atoms with Gasteiger partial charge >= 0.3 is 0 Å². The lowest BCUT2D eigenvalue weighted by Gasteiger charge is -2.27. The van der Waals surface area contributed by atoms with Gasteiger partial charge in [-0.2, -0.15) is 0 Å². The lowest BCUT2D eigenvalue weighted by molar-refractivity contribution is 0.0776. The molecular formula is C18H23NO2. The highest BCUT2D eigenvalue weighted by molar-refractivity contribution is 5.94. The van der Waals surface area contributed by atoms with E-state index < -0.39 is 0 Å². The number of nitrogens with zero attached hydrogens (tertiary/aromatic N) is 1. The second kappa shape index (κ2) is 6.32. The smallest absolute Gasteiger partial charge is 0.253 e. The number of carbonyl (C=O) groups is 1. The molecule has 1 aromatic carbocycles. The summed E-state index contributed by atoms with van der Waals surface area (Å²) < 4.78 is 0. The minimum Gasteiger partial charge on any atom is -0.384 e. The summed E-state index contributed by atoms with van der Waals surface area (Å²) >= 11 is 0. The zero-order valence-corrected chi connectivity index (χ0v) is 13.0. The normalized spacial score (nSPS) is 18.3. The Morgan fingerprint density at radius 1 is 1.33 bits per heavy atom. The predicted octanol–water partition coefficient (Wildman–Crippen LogP) is 2.54. The van der Waals surface area contributed by atoms with E-state index in [2.05, 4.69) is 32.6 Å². The van der Waals surface area contributed by atoms with E-state index >= 15 is 0 Å². The number of aliphatic hydroxyl groups is 1. The van der Waals surface area contributed by atoms with Gasteiger partial charge in [0, 0.05) is 24.2 Å². The van der Waals surface area contributed by atoms with Crippen LogP contribution in [0.3, 0.4) is 0 Å². The fourth-order valence-corrected chi connectivity index (χ4v) is 2.67. The van der Waals surface area contributed by atoms with Crippen molar-refractivity contribution in [2.45, 2.75) is 27.2 Å². The van der Waals surface area contributed by atoms with Gasteiger partial charge in [-0.15, -0.1) is 0 Å². The van der Waals surface area contributed by atoms with Crippen LogP contribution in [0.25, 0.3) is 0 Å². The quantitative estimate of drug-likeness (QED) is 0.806. The Balaban J connectivity index is 2.04. The highest BCUT2D eigenvalue weighted by Crippen LogP contribution is 2.34. The molecule has 1 heterocycles. The third-order valence-electron chi connectivity index (χ3n) is 4.14. The molecule has 1 unspecified atom stereocenters. The van der Waals surface area contributed by atoms with E-state index in [0.29, 0.717) is 11.5 Å². The van der Waals surface area contributed by atoms with Gasteiger partial charge in [-0.3, -0.25) is 4.79 Å². The Bertz CT molecular complexity index is 558. The van der Waals surface area contributed by atoms with Gasteiger partial charge < -0.3 is 10.0 Å². The molecule has 3 nitrogen and oxygen atoms in total. The van der Waals surface area contributed by atoms with Crippen molar-refractivity contribution in [3.63, 3.8) is 0 Å². The minimum absolute atomic E-state index is 0.100. The number of amides is 1. The highest BCUT2D eigenvalue weighted by atomic mass is 16.2. The number of rotatable bonds is 1. The number of likely N-dealkylation sites (tertiary alicyclic amines) is 1. The molecule has 112 valence electrons. The minimum atomic E-state index is -0.150. The first-order chi connectivity index (χ1) is 9.91. The van der Waals surface area contributed by atoms with Crippen LogP contribution in [0, 0.1) is 23.2 Å². The van der Waals surface area contributed by atoms with Crippen molar-refractivity contribution in [3.8, 4) is 11.8 Å². The molecule has 1 fully saturated rings. The fourth-order valence-electron chi connectivity index (χ4n) is 2.67. The van der Waals surface area contributed by atoms with Gasteiger partial charge in [0.2, 0.25) is 0 Å². The van der Waals surface area contributed by atoms with Gasteiger partial charge in [0.1, 0.15) is 6.61 Å². The summed E-state index contributed by atoms with van der Waals surface area (Å²) in [6.45, 7) is 8.24. The van der Waals surface area contributed by atoms with Crippen molar-refractivity contribution in [1.29, 1.82) is 0 Å². The van der Waals surface area contributed by atoms with Gasteiger partial charge in [0.05, 0.1) is 0 Å². The molecule has 1 aliphatic rings. The Kier molecular flexibility index (Phi) is 4.69. The molecule has 0 bridgehead atoms. The molecule has 1 N–H and O–H groups in total. The maximum atomic E-state index is 12.5. The average Bonchev–Trinajstić information content (AvgIpc) is 2.95. The maximum Gasteiger partial charge on any atom is 0.253 e. The molecule has 0 spiro atoms. The number of carbonyl (C=O) groups excluding carboxylic acids is 1. The van der Waals surface area contributed by atoms with Crippen molar-refractivity contribution >= 4 is 5.91 Å². The van der Waals surface area contributed by atoms with Crippen LogP contribution >= 0.6 is 0 Å². The molecular weight excluding hydrogens is 262 g/mol. The van der Waals surface area contributed by atoms with Gasteiger partial charge in [0.25, 0.3) is 5.91 Å². The van der Waals surface area contributed by atoms with Crippen LogP contribution in [-0.4, -0.2) is 35.6 Å². The van der Waals surface area contributed by atoms with Crippen LogP contribution in [-0.2, 0) is 0 Å². The summed E-state index contributed by atoms with van der Waals surface area (Å²) in [7, 11) is 0. The van der Waals surface area contributed by atoms with Gasteiger partial charge in [-0.1, -0.05) is 32.6 Å². The van der Waals surface area contributed by atoms with E-state index in [4.69, 9.17) is 5.11 Å². The number of hydrogen-bond donors (Lipinski definition) is 1. The van der Waals surface area contributed by atoms with Crippen LogP contribution in [0.4, 0.5) is 0 Å². The monoisotopic (exact) mass is 285 g/mol. The summed E-state index contributed by atoms with van der Waals surface area (Å²) in [6.07, 6.45) is 1.08. The molecule has 2 rings (SSSR count). The molecule has 1 amide bonds. The third-order valence-corrected chi connectivity index (χ3v) is 4.14. The lowest BCUT2D eigenvalue weighted by Crippen LogP contribution is -2.31. The number of benzene rings is 1. The molecule has 0 aliphatic carbocycles. The largest absolute Gasteiger partial charge is 0.384 e. The topological polar surface area (TPSA) is 40.5 Å². The summed E-state index contributed by atoms with van der Waals surface area (Å²) in [6, 6.07) is 7.28. The van der Waals surface area contributed by atoms with Gasteiger partial charge in [-0.25, -0.2) is 0 Å². The molecule has 3 heteroatoms. The molecule has 1 atom stereocenters. The molecule has 1 saturated heterocycles. The number of hydrogen-bond acceptors (Lipinski definition) is 2. The predicted molar refractivity (Wildman–Crippen MR) is 83.9 cm³/mol. The Morgan fingerprint density at radius 3 is 2.52 bits per heavy atom. The number of aliphatic hydroxyl groups excluding tert-OH is 1. The molecule has 0 saturated carbocycles. The third kappa shape index (κ3) is 3.86. The van der Waals surface area contributed by atoms with Crippen LogP contribution in [0.15, 0.2) is 24.3 Å². The van der Waals surface area contributed by atoms with Crippen LogP contribution < -0.4 is 0 Å². The van der Waals surface area contributed by atoms with E-state index in [0.717, 1.165) is 25.1 Å². The first-order valence-corrected chi connectivity index (χ1v) is 7.41. The first-order valence-electron chi connectivity index (χ1n) is 7.41. The van der Waals surface area contributed by atoms with E-state index in [1.807, 2.05) is 29.2 Å². The Hall–Kier alpha value is -1.79. The SMILES string of the molecule is CC(C)(C)C1CCN(C(=O)c2ccc(C#CCO)cc2)C1. The van der Waals surface area contributed by atoms with Crippen molar-refractivity contribution in [2.75, 3.05) is 19.7 Å². The van der Waals surface area contributed by atoms with Gasteiger partial charge in [-0.05, 0) is 42.0 Å². The van der Waals surface area contributed by atoms with Crippen molar-refractivity contribution in [2.24, 2.45) is 11.3 Å². The van der Waals surface area contributed by atoms with Crippen molar-refractivity contribution in [3.05, 3.63) is 35.4 Å². The zero-order valence-electron chi connectivity index (χ0n) is 13.0. The van der Waals surface area contributed by atoms with Crippen LogP contribution in [0.5, 0.6) is 0 Å². The van der Waals surface area contributed by atoms with Gasteiger partial charge in [0.15, 0.2) is 0 Å². The molecule has 1 aromatic rings. The second-order valence-corrected chi connectivity index (χ2v) is 6.64. The van der Waals surface area contributed by atoms with Crippen LogP contribution in [0.2, 0.25) is 0 Å².